The van der Waals surface area contributed by atoms with E-state index in [1.54, 1.807) is 25.1 Å². The lowest BCUT2D eigenvalue weighted by Crippen LogP contribution is -2.41. The van der Waals surface area contributed by atoms with Gasteiger partial charge in [-0.15, -0.1) is 6.42 Å². The molecule has 2 aliphatic heterocycles. The zero-order valence-electron chi connectivity index (χ0n) is 22.5. The number of halogens is 1. The molecule has 0 fully saturated rings. The molecule has 2 heterocycles. The first kappa shape index (κ1) is 27.2. The molecule has 0 saturated heterocycles. The summed E-state index contributed by atoms with van der Waals surface area (Å²) in [5.41, 5.74) is 3.95. The van der Waals surface area contributed by atoms with Crippen LogP contribution >= 0.6 is 0 Å². The average Bonchev–Trinajstić information content (AvgIpc) is 3.14. The van der Waals surface area contributed by atoms with Gasteiger partial charge in [-0.1, -0.05) is 53.8 Å². The second kappa shape index (κ2) is 11.6. The number of nitrogens with zero attached hydrogens (tertiary/aromatic N) is 5. The second-order valence-corrected chi connectivity index (χ2v) is 9.44. The van der Waals surface area contributed by atoms with Crippen molar-refractivity contribution in [2.24, 2.45) is 10.9 Å². The van der Waals surface area contributed by atoms with Crippen LogP contribution in [0, 0.1) is 18.3 Å². The van der Waals surface area contributed by atoms with Gasteiger partial charge in [0.15, 0.2) is 5.78 Å². The highest BCUT2D eigenvalue weighted by Gasteiger charge is 2.42. The predicted molar refractivity (Wildman–Crippen MR) is 145 cm³/mol. The lowest BCUT2D eigenvalue weighted by atomic mass is 9.83. The molecule has 0 amide bonds. The minimum atomic E-state index is -0.753. The molecule has 0 spiro atoms. The van der Waals surface area contributed by atoms with Crippen LogP contribution in [0.15, 0.2) is 75.6 Å². The average molecular weight is 492 g/mol. The number of carbonyl (C=O) groups is 1. The molecule has 0 N–H and O–H groups in total. The van der Waals surface area contributed by atoms with Gasteiger partial charge < -0.3 is 4.90 Å². The van der Waals surface area contributed by atoms with Crippen molar-refractivity contribution in [3.8, 4) is 12.3 Å². The Morgan fingerprint density at radius 1 is 1.39 bits per heavy atom. The number of likely N-dealkylation sites (N-methyl/N-ethyl adjacent to an activating group) is 1. The number of ketones is 1. The monoisotopic (exact) mass is 491 g/mol. The number of hydrazine groups is 1. The molecule has 0 aromatic heterocycles. The number of aliphatic imine (C=N–C) groups is 1. The van der Waals surface area contributed by atoms with Crippen molar-refractivity contribution in [3.05, 3.63) is 70.6 Å². The van der Waals surface area contributed by atoms with Gasteiger partial charge in [-0.25, -0.2) is 10.0 Å². The third kappa shape index (κ3) is 5.10. The maximum absolute atomic E-state index is 15.5. The molecule has 0 radical (unpaired) electrons. The normalized spacial score (nSPS) is 24.1. The minimum Gasteiger partial charge on any atom is -0.347 e. The van der Waals surface area contributed by atoms with Gasteiger partial charge in [0.05, 0.1) is 11.7 Å². The van der Waals surface area contributed by atoms with E-state index in [1.807, 2.05) is 53.0 Å². The highest BCUT2D eigenvalue weighted by atomic mass is 19.2. The van der Waals surface area contributed by atoms with Crippen molar-refractivity contribution in [1.29, 1.82) is 0 Å². The van der Waals surface area contributed by atoms with Crippen molar-refractivity contribution in [1.82, 2.24) is 20.0 Å². The van der Waals surface area contributed by atoms with Gasteiger partial charge in [0.25, 0.3) is 0 Å². The first-order chi connectivity index (χ1) is 17.2. The van der Waals surface area contributed by atoms with Crippen LogP contribution in [0.5, 0.6) is 0 Å². The lowest BCUT2D eigenvalue weighted by Gasteiger charge is -2.29. The summed E-state index contributed by atoms with van der Waals surface area (Å²) in [7, 11) is 5.50. The van der Waals surface area contributed by atoms with Crippen molar-refractivity contribution in [3.63, 3.8) is 0 Å². The summed E-state index contributed by atoms with van der Waals surface area (Å²) in [5, 5.41) is 4.85. The molecule has 0 saturated carbocycles. The number of terminal acetylenes is 1. The number of Topliss-reactive ketones (excluding diaryl/α,β-unsaturated/α-hetero) is 1. The van der Waals surface area contributed by atoms with Crippen LogP contribution in [-0.2, 0) is 4.79 Å². The number of carbonyl (C=O) groups excluding carboxylic acids is 1. The highest BCUT2D eigenvalue weighted by molar-refractivity contribution is 6.05. The molecule has 3 rings (SSSR count). The summed E-state index contributed by atoms with van der Waals surface area (Å²) in [4.78, 5) is 20.2. The van der Waals surface area contributed by atoms with E-state index in [-0.39, 0.29) is 17.8 Å². The Bertz CT molecular complexity index is 1130. The van der Waals surface area contributed by atoms with Crippen LogP contribution in [0.2, 0.25) is 0 Å². The molecule has 36 heavy (non-hydrogen) atoms. The quantitative estimate of drug-likeness (QED) is 0.222. The summed E-state index contributed by atoms with van der Waals surface area (Å²) >= 11 is 0. The second-order valence-electron chi connectivity index (χ2n) is 9.44. The molecule has 7 heteroatoms. The smallest absolute Gasteiger partial charge is 0.225 e. The lowest BCUT2D eigenvalue weighted by molar-refractivity contribution is -0.116. The molecule has 192 valence electrons. The van der Waals surface area contributed by atoms with E-state index in [2.05, 4.69) is 39.2 Å². The van der Waals surface area contributed by atoms with Crippen LogP contribution in [0.1, 0.15) is 40.5 Å². The van der Waals surface area contributed by atoms with E-state index in [0.717, 1.165) is 23.4 Å². The molecule has 0 bridgehead atoms. The zero-order chi connectivity index (χ0) is 26.6. The molecular formula is C29H38FN5O. The Morgan fingerprint density at radius 3 is 2.69 bits per heavy atom. The first-order valence-corrected chi connectivity index (χ1v) is 12.5. The van der Waals surface area contributed by atoms with E-state index in [9.17, 15) is 4.79 Å². The summed E-state index contributed by atoms with van der Waals surface area (Å²) < 4.78 is 15.5. The van der Waals surface area contributed by atoms with E-state index in [1.165, 1.54) is 0 Å². The van der Waals surface area contributed by atoms with E-state index in [0.29, 0.717) is 29.2 Å². The highest BCUT2D eigenvalue weighted by Crippen LogP contribution is 2.36. The van der Waals surface area contributed by atoms with Gasteiger partial charge >= 0.3 is 0 Å². The molecular weight excluding hydrogens is 453 g/mol. The molecule has 1 aliphatic carbocycles. The third-order valence-electron chi connectivity index (χ3n) is 6.74. The van der Waals surface area contributed by atoms with Gasteiger partial charge in [-0.3, -0.25) is 9.80 Å². The Hall–Kier alpha value is -3.37. The Labute approximate surface area is 215 Å². The van der Waals surface area contributed by atoms with Gasteiger partial charge in [0.2, 0.25) is 5.96 Å². The summed E-state index contributed by atoms with van der Waals surface area (Å²) in [5.74, 6) is 2.07. The van der Waals surface area contributed by atoms with Gasteiger partial charge in [-0.05, 0) is 50.8 Å². The fourth-order valence-electron chi connectivity index (χ4n) is 5.10. The number of guanidine groups is 1. The van der Waals surface area contributed by atoms with Crippen LogP contribution in [-0.4, -0.2) is 71.6 Å². The number of allylic oxidation sites excluding steroid dienone is 8. The maximum Gasteiger partial charge on any atom is 0.225 e. The third-order valence-corrected chi connectivity index (χ3v) is 6.74. The standard InChI is InChI=1S/C29H38FN5O/c1-9-16-25(27-20(4)31-29(32(6)7)34(27)30)23(10-2)28(36)24(11-3)26-19-33(8)35(21(26)5)22-17-14-12-13-15-18-22/h3,10,12-14,16-18,20,24,27H,9,15,19H2,1-2,4-8H3/b23-10+,25-16+. The van der Waals surface area contributed by atoms with Crippen LogP contribution < -0.4 is 0 Å². The van der Waals surface area contributed by atoms with Crippen LogP contribution in [0.3, 0.4) is 0 Å². The molecule has 3 aliphatic rings. The van der Waals surface area contributed by atoms with Crippen molar-refractivity contribution in [2.45, 2.75) is 52.6 Å². The zero-order valence-corrected chi connectivity index (χ0v) is 22.5. The number of rotatable bonds is 7. The van der Waals surface area contributed by atoms with Crippen molar-refractivity contribution < 1.29 is 9.28 Å². The maximum atomic E-state index is 15.5. The number of hydrogen-bond donors (Lipinski definition) is 0. The molecule has 6 nitrogen and oxygen atoms in total. The first-order valence-electron chi connectivity index (χ1n) is 12.5. The van der Waals surface area contributed by atoms with Gasteiger partial charge in [0.1, 0.15) is 12.0 Å². The summed E-state index contributed by atoms with van der Waals surface area (Å²) in [6, 6.07) is -1.05. The van der Waals surface area contributed by atoms with Crippen molar-refractivity contribution in [2.75, 3.05) is 27.7 Å². The van der Waals surface area contributed by atoms with Crippen LogP contribution in [0.4, 0.5) is 4.48 Å². The van der Waals surface area contributed by atoms with Crippen LogP contribution in [0.25, 0.3) is 0 Å². The Morgan fingerprint density at radius 2 is 2.11 bits per heavy atom. The predicted octanol–water partition coefficient (Wildman–Crippen LogP) is 4.80. The summed E-state index contributed by atoms with van der Waals surface area (Å²) in [6.07, 6.45) is 21.5. The molecule has 0 aromatic carbocycles. The molecule has 0 aromatic rings. The van der Waals surface area contributed by atoms with Crippen molar-refractivity contribution >= 4 is 11.7 Å². The SMILES string of the molecule is C#CC(C(=O)C(=C/C)/C(=C\CC)C1C(C)N=C(N(C)C)N1F)C1=C(C)N(C2=CCC=CC=C2)N(C)C1. The molecule has 3 unspecified atom stereocenters. The summed E-state index contributed by atoms with van der Waals surface area (Å²) in [6.45, 7) is 8.19. The Balaban J connectivity index is 1.97. The number of hydrogen-bond acceptors (Lipinski definition) is 6. The van der Waals surface area contributed by atoms with E-state index >= 15 is 4.48 Å². The van der Waals surface area contributed by atoms with E-state index < -0.39 is 12.0 Å². The topological polar surface area (TPSA) is 42.4 Å². The fourth-order valence-corrected chi connectivity index (χ4v) is 5.10. The Kier molecular flexibility index (Phi) is 8.75. The largest absolute Gasteiger partial charge is 0.347 e. The molecule has 3 atom stereocenters. The van der Waals surface area contributed by atoms with Gasteiger partial charge in [-0.2, -0.15) is 5.12 Å². The fraction of sp³-hybridized carbons (Fsp3) is 0.448. The minimum absolute atomic E-state index is 0.185. The van der Waals surface area contributed by atoms with Gasteiger partial charge in [0, 0.05) is 39.0 Å². The van der Waals surface area contributed by atoms with E-state index in [4.69, 9.17) is 6.42 Å².